The number of Topliss-reactive ketones (excluding diaryl/α,β-unsaturated/α-hetero) is 1. The summed E-state index contributed by atoms with van der Waals surface area (Å²) in [6.07, 6.45) is 13.0. The molecule has 0 aromatic carbocycles. The number of rotatable bonds is 12. The highest BCUT2D eigenvalue weighted by atomic mass is 16.9. The zero-order chi connectivity index (χ0) is 15.4. The lowest BCUT2D eigenvalue weighted by Gasteiger charge is -2.32. The number of ketones is 1. The fourth-order valence-corrected chi connectivity index (χ4v) is 2.44. The summed E-state index contributed by atoms with van der Waals surface area (Å²) in [4.78, 5) is 11.0. The highest BCUT2D eigenvalue weighted by Crippen LogP contribution is 2.19. The van der Waals surface area contributed by atoms with Gasteiger partial charge >= 0.3 is 0 Å². The molecule has 0 spiro atoms. The van der Waals surface area contributed by atoms with Crippen molar-refractivity contribution in [1.29, 1.82) is 0 Å². The standard InChI is InChI=1S/C17H32O4/c1-3-4-5-6-7-8-9-10-11-12-13-19-17(2)20-14-16(18)15-21-17/h3-15H2,1-2H3. The monoisotopic (exact) mass is 300 g/mol. The number of carbonyl (C=O) groups excluding carboxylic acids is 1. The molecule has 0 aromatic rings. The Morgan fingerprint density at radius 3 is 1.90 bits per heavy atom. The van der Waals surface area contributed by atoms with E-state index >= 15 is 0 Å². The van der Waals surface area contributed by atoms with Crippen LogP contribution in [0.3, 0.4) is 0 Å². The van der Waals surface area contributed by atoms with Gasteiger partial charge in [0, 0.05) is 6.92 Å². The number of unbranched alkanes of at least 4 members (excludes halogenated alkanes) is 9. The molecule has 124 valence electrons. The van der Waals surface area contributed by atoms with Crippen LogP contribution >= 0.6 is 0 Å². The molecule has 0 unspecified atom stereocenters. The first kappa shape index (κ1) is 18.6. The Kier molecular flexibility index (Phi) is 9.89. The highest BCUT2D eigenvalue weighted by Gasteiger charge is 2.33. The molecule has 0 aliphatic carbocycles. The summed E-state index contributed by atoms with van der Waals surface area (Å²) in [5.74, 6) is -1.05. The van der Waals surface area contributed by atoms with Gasteiger partial charge in [0.2, 0.25) is 0 Å². The van der Waals surface area contributed by atoms with Crippen LogP contribution in [0.5, 0.6) is 0 Å². The van der Waals surface area contributed by atoms with Crippen molar-refractivity contribution in [2.45, 2.75) is 84.0 Å². The summed E-state index contributed by atoms with van der Waals surface area (Å²) < 4.78 is 16.1. The van der Waals surface area contributed by atoms with Crippen molar-refractivity contribution < 1.29 is 19.0 Å². The largest absolute Gasteiger partial charge is 0.328 e. The quantitative estimate of drug-likeness (QED) is 0.506. The molecule has 4 heteroatoms. The van der Waals surface area contributed by atoms with Crippen molar-refractivity contribution >= 4 is 5.78 Å². The highest BCUT2D eigenvalue weighted by molar-refractivity contribution is 5.81. The Labute approximate surface area is 129 Å². The van der Waals surface area contributed by atoms with Crippen LogP contribution in [0.1, 0.15) is 78.1 Å². The Balaban J connectivity index is 1.85. The zero-order valence-electron chi connectivity index (χ0n) is 13.8. The van der Waals surface area contributed by atoms with E-state index in [0.717, 1.165) is 6.42 Å². The smallest absolute Gasteiger partial charge is 0.280 e. The van der Waals surface area contributed by atoms with Gasteiger partial charge in [-0.3, -0.25) is 4.79 Å². The average Bonchev–Trinajstić information content (AvgIpc) is 2.48. The lowest BCUT2D eigenvalue weighted by Crippen LogP contribution is -2.44. The van der Waals surface area contributed by atoms with Crippen LogP contribution in [0.25, 0.3) is 0 Å². The summed E-state index contributed by atoms with van der Waals surface area (Å²) in [6.45, 7) is 4.80. The number of ether oxygens (including phenoxy) is 3. The number of hydrogen-bond acceptors (Lipinski definition) is 4. The van der Waals surface area contributed by atoms with Gasteiger partial charge in [0.15, 0.2) is 5.78 Å². The second-order valence-electron chi connectivity index (χ2n) is 6.01. The van der Waals surface area contributed by atoms with Crippen molar-refractivity contribution in [1.82, 2.24) is 0 Å². The lowest BCUT2D eigenvalue weighted by molar-refractivity contribution is -0.376. The molecule has 0 amide bonds. The summed E-state index contributed by atoms with van der Waals surface area (Å²) in [5, 5.41) is 0. The van der Waals surface area contributed by atoms with Gasteiger partial charge in [0.1, 0.15) is 13.2 Å². The third-order valence-electron chi connectivity index (χ3n) is 3.85. The maximum absolute atomic E-state index is 11.0. The molecule has 21 heavy (non-hydrogen) atoms. The minimum absolute atomic E-state index is 0.0324. The van der Waals surface area contributed by atoms with E-state index in [9.17, 15) is 4.79 Å². The summed E-state index contributed by atoms with van der Waals surface area (Å²) in [5.41, 5.74) is 0. The molecule has 1 aliphatic heterocycles. The van der Waals surface area contributed by atoms with Crippen molar-refractivity contribution in [2.24, 2.45) is 0 Å². The number of hydrogen-bond donors (Lipinski definition) is 0. The van der Waals surface area contributed by atoms with E-state index in [2.05, 4.69) is 6.92 Å². The summed E-state index contributed by atoms with van der Waals surface area (Å²) >= 11 is 0. The van der Waals surface area contributed by atoms with Gasteiger partial charge in [-0.2, -0.15) is 0 Å². The van der Waals surface area contributed by atoms with Crippen LogP contribution in [0.2, 0.25) is 0 Å². The second kappa shape index (κ2) is 11.2. The average molecular weight is 300 g/mol. The Hall–Kier alpha value is -0.450. The van der Waals surface area contributed by atoms with Gasteiger partial charge in [0.25, 0.3) is 5.97 Å². The van der Waals surface area contributed by atoms with Crippen LogP contribution < -0.4 is 0 Å². The molecule has 1 aliphatic rings. The third kappa shape index (κ3) is 9.22. The van der Waals surface area contributed by atoms with Crippen molar-refractivity contribution in [2.75, 3.05) is 19.8 Å². The maximum Gasteiger partial charge on any atom is 0.280 e. The van der Waals surface area contributed by atoms with Gasteiger partial charge < -0.3 is 14.2 Å². The van der Waals surface area contributed by atoms with Gasteiger partial charge in [0.05, 0.1) is 6.61 Å². The Bertz CT molecular complexity index is 268. The maximum atomic E-state index is 11.0. The molecule has 1 saturated heterocycles. The molecular weight excluding hydrogens is 268 g/mol. The molecule has 1 heterocycles. The molecule has 1 rings (SSSR count). The summed E-state index contributed by atoms with van der Waals surface area (Å²) in [6, 6.07) is 0. The van der Waals surface area contributed by atoms with Crippen molar-refractivity contribution in [3.8, 4) is 0 Å². The molecule has 0 bridgehead atoms. The molecule has 0 saturated carbocycles. The van der Waals surface area contributed by atoms with E-state index in [1.54, 1.807) is 6.92 Å². The predicted octanol–water partition coefficient (Wildman–Crippen LogP) is 4.21. The van der Waals surface area contributed by atoms with Crippen LogP contribution in [0.4, 0.5) is 0 Å². The zero-order valence-corrected chi connectivity index (χ0v) is 13.8. The first-order chi connectivity index (χ1) is 10.2. The van der Waals surface area contributed by atoms with Crippen molar-refractivity contribution in [3.63, 3.8) is 0 Å². The third-order valence-corrected chi connectivity index (χ3v) is 3.85. The van der Waals surface area contributed by atoms with Gasteiger partial charge in [-0.25, -0.2) is 0 Å². The van der Waals surface area contributed by atoms with E-state index < -0.39 is 5.97 Å². The van der Waals surface area contributed by atoms with Crippen LogP contribution in [-0.2, 0) is 19.0 Å². The molecule has 4 nitrogen and oxygen atoms in total. The first-order valence-electron chi connectivity index (χ1n) is 8.60. The van der Waals surface area contributed by atoms with Gasteiger partial charge in [-0.05, 0) is 6.42 Å². The fraction of sp³-hybridized carbons (Fsp3) is 0.941. The predicted molar refractivity (Wildman–Crippen MR) is 83.1 cm³/mol. The second-order valence-corrected chi connectivity index (χ2v) is 6.01. The minimum atomic E-state index is -1.02. The minimum Gasteiger partial charge on any atom is -0.328 e. The van der Waals surface area contributed by atoms with E-state index in [0.29, 0.717) is 6.61 Å². The summed E-state index contributed by atoms with van der Waals surface area (Å²) in [7, 11) is 0. The van der Waals surface area contributed by atoms with Crippen LogP contribution in [0, 0.1) is 0 Å². The van der Waals surface area contributed by atoms with Crippen molar-refractivity contribution in [3.05, 3.63) is 0 Å². The molecule has 0 radical (unpaired) electrons. The molecule has 1 fully saturated rings. The van der Waals surface area contributed by atoms with E-state index in [1.807, 2.05) is 0 Å². The number of carbonyl (C=O) groups is 1. The van der Waals surface area contributed by atoms with Gasteiger partial charge in [-0.15, -0.1) is 0 Å². The van der Waals surface area contributed by atoms with Crippen LogP contribution in [-0.4, -0.2) is 31.6 Å². The Morgan fingerprint density at radius 1 is 0.905 bits per heavy atom. The molecular formula is C17H32O4. The SMILES string of the molecule is CCCCCCCCCCCCOC1(C)OCC(=O)CO1. The Morgan fingerprint density at radius 2 is 1.38 bits per heavy atom. The normalized spacial score (nSPS) is 18.1. The molecule has 0 N–H and O–H groups in total. The fourth-order valence-electron chi connectivity index (χ4n) is 2.44. The van der Waals surface area contributed by atoms with E-state index in [-0.39, 0.29) is 19.0 Å². The van der Waals surface area contributed by atoms with E-state index in [1.165, 1.54) is 57.8 Å². The topological polar surface area (TPSA) is 44.8 Å². The molecule has 0 atom stereocenters. The molecule has 0 aromatic heterocycles. The van der Waals surface area contributed by atoms with Gasteiger partial charge in [-0.1, -0.05) is 64.7 Å². The first-order valence-corrected chi connectivity index (χ1v) is 8.60. The van der Waals surface area contributed by atoms with E-state index in [4.69, 9.17) is 14.2 Å². The lowest BCUT2D eigenvalue weighted by atomic mass is 10.1. The van der Waals surface area contributed by atoms with Crippen LogP contribution in [0.15, 0.2) is 0 Å².